The van der Waals surface area contributed by atoms with Crippen molar-refractivity contribution in [3.63, 3.8) is 0 Å². The number of aliphatic hydroxyl groups is 2. The molecule has 0 bridgehead atoms. The normalized spacial score (nSPS) is 13.4. The van der Waals surface area contributed by atoms with Gasteiger partial charge >= 0.3 is 5.97 Å². The molecular weight excluding hydrogens is 433 g/mol. The van der Waals surface area contributed by atoms with E-state index in [1.165, 1.54) is 0 Å². The van der Waals surface area contributed by atoms with Gasteiger partial charge in [0, 0.05) is 23.1 Å². The van der Waals surface area contributed by atoms with Gasteiger partial charge in [-0.05, 0) is 23.1 Å². The number of carbonyl (C=O) groups is 1. The zero-order valence-corrected chi connectivity index (χ0v) is 19.4. The molecule has 0 radical (unpaired) electrons. The summed E-state index contributed by atoms with van der Waals surface area (Å²) >= 11 is 0. The second kappa shape index (κ2) is 11.7. The number of benzene rings is 2. The minimum absolute atomic E-state index is 0.0874. The van der Waals surface area contributed by atoms with Crippen LogP contribution in [0.15, 0.2) is 66.7 Å². The molecule has 3 aromatic rings. The maximum atomic E-state index is 13.1. The summed E-state index contributed by atoms with van der Waals surface area (Å²) in [6, 6.07) is 19.0. The Labute approximate surface area is 199 Å². The predicted octanol–water partition coefficient (Wildman–Crippen LogP) is 5.61. The molecule has 2 aromatic carbocycles. The van der Waals surface area contributed by atoms with Gasteiger partial charge in [-0.25, -0.2) is 9.37 Å². The second-order valence-corrected chi connectivity index (χ2v) is 8.62. The van der Waals surface area contributed by atoms with Crippen molar-refractivity contribution in [2.75, 3.05) is 0 Å². The molecule has 0 saturated carbocycles. The van der Waals surface area contributed by atoms with Gasteiger partial charge in [0.25, 0.3) is 0 Å². The quantitative estimate of drug-likeness (QED) is 0.364. The minimum atomic E-state index is -1.15. The summed E-state index contributed by atoms with van der Waals surface area (Å²) in [4.78, 5) is 15.7. The number of nitrogens with zero attached hydrogens (tertiary/aromatic N) is 1. The summed E-state index contributed by atoms with van der Waals surface area (Å²) in [5.74, 6) is -0.978. The Hall–Kier alpha value is -3.35. The minimum Gasteiger partial charge on any atom is -0.481 e. The zero-order valence-electron chi connectivity index (χ0n) is 19.4. The van der Waals surface area contributed by atoms with Gasteiger partial charge in [-0.1, -0.05) is 80.6 Å². The van der Waals surface area contributed by atoms with Crippen molar-refractivity contribution in [1.82, 2.24) is 4.98 Å². The molecule has 3 N–H and O–H groups in total. The number of aliphatic hydroxyl groups excluding tert-OH is 2. The van der Waals surface area contributed by atoms with E-state index in [0.717, 1.165) is 27.9 Å². The van der Waals surface area contributed by atoms with Gasteiger partial charge in [-0.2, -0.15) is 0 Å². The summed E-state index contributed by atoms with van der Waals surface area (Å²) in [6.07, 6.45) is 0.638. The molecule has 0 aliphatic carbocycles. The van der Waals surface area contributed by atoms with Crippen molar-refractivity contribution in [3.8, 4) is 22.5 Å². The number of carboxylic acids is 1. The van der Waals surface area contributed by atoms with E-state index in [0.29, 0.717) is 11.3 Å². The fourth-order valence-electron chi connectivity index (χ4n) is 3.81. The van der Waals surface area contributed by atoms with Crippen LogP contribution < -0.4 is 0 Å². The molecule has 0 unspecified atom stereocenters. The van der Waals surface area contributed by atoms with Crippen molar-refractivity contribution in [1.29, 1.82) is 0 Å². The van der Waals surface area contributed by atoms with Crippen molar-refractivity contribution in [2.24, 2.45) is 0 Å². The lowest BCUT2D eigenvalue weighted by Gasteiger charge is -2.18. The van der Waals surface area contributed by atoms with E-state index in [4.69, 9.17) is 10.1 Å². The molecule has 0 aliphatic heterocycles. The highest BCUT2D eigenvalue weighted by Gasteiger charge is 2.18. The number of rotatable bonds is 10. The third-order valence-corrected chi connectivity index (χ3v) is 5.57. The molecule has 0 fully saturated rings. The number of hydrogen-bond acceptors (Lipinski definition) is 4. The SMILES string of the molecule is CC(C)c1cc(-c2ccccc2)nc(-c2ccc(CF)cc2)c1C=C[C@@H](O)C[C@@H](O)CC(=O)O. The Bertz CT molecular complexity index is 1130. The van der Waals surface area contributed by atoms with Gasteiger partial charge in [0.2, 0.25) is 0 Å². The van der Waals surface area contributed by atoms with Crippen molar-refractivity contribution in [3.05, 3.63) is 83.4 Å². The zero-order chi connectivity index (χ0) is 24.7. The number of alkyl halides is 1. The lowest BCUT2D eigenvalue weighted by atomic mass is 9.91. The van der Waals surface area contributed by atoms with E-state index in [1.54, 1.807) is 24.3 Å². The van der Waals surface area contributed by atoms with Crippen LogP contribution in [0, 0.1) is 0 Å². The van der Waals surface area contributed by atoms with Gasteiger partial charge in [0.1, 0.15) is 6.67 Å². The van der Waals surface area contributed by atoms with E-state index < -0.39 is 31.3 Å². The van der Waals surface area contributed by atoms with Crippen molar-refractivity contribution >= 4 is 12.0 Å². The highest BCUT2D eigenvalue weighted by Crippen LogP contribution is 2.34. The molecule has 0 spiro atoms. The number of carboxylic acid groups (broad SMARTS) is 1. The molecule has 0 saturated heterocycles. The molecule has 1 aromatic heterocycles. The average Bonchev–Trinajstić information content (AvgIpc) is 2.82. The molecule has 2 atom stereocenters. The van der Waals surface area contributed by atoms with Crippen LogP contribution in [-0.2, 0) is 11.5 Å². The molecule has 3 rings (SSSR count). The first-order valence-electron chi connectivity index (χ1n) is 11.3. The fraction of sp³-hybridized carbons (Fsp3) is 0.286. The van der Waals surface area contributed by atoms with Crippen LogP contribution in [0.5, 0.6) is 0 Å². The Balaban J connectivity index is 2.09. The van der Waals surface area contributed by atoms with Crippen LogP contribution >= 0.6 is 0 Å². The maximum absolute atomic E-state index is 13.1. The maximum Gasteiger partial charge on any atom is 0.305 e. The Morgan fingerprint density at radius 2 is 1.71 bits per heavy atom. The van der Waals surface area contributed by atoms with Crippen LogP contribution in [-0.4, -0.2) is 38.5 Å². The van der Waals surface area contributed by atoms with E-state index in [1.807, 2.05) is 48.5 Å². The summed E-state index contributed by atoms with van der Waals surface area (Å²) < 4.78 is 13.1. The highest BCUT2D eigenvalue weighted by atomic mass is 19.1. The lowest BCUT2D eigenvalue weighted by Crippen LogP contribution is -2.19. The highest BCUT2D eigenvalue weighted by molar-refractivity contribution is 5.78. The summed E-state index contributed by atoms with van der Waals surface area (Å²) in [5.41, 5.74) is 5.71. The monoisotopic (exact) mass is 463 g/mol. The topological polar surface area (TPSA) is 90.7 Å². The third kappa shape index (κ3) is 6.59. The standard InChI is InChI=1S/C28H30FNO4/c1-18(2)25-16-26(20-6-4-3-5-7-20)30-28(21-10-8-19(17-29)9-11-21)24(25)13-12-22(31)14-23(32)15-27(33)34/h3-13,16,18,22-23,31-32H,14-15,17H2,1-2H3,(H,33,34)/t22-,23-/m1/s1. The van der Waals surface area contributed by atoms with E-state index >= 15 is 0 Å². The first-order chi connectivity index (χ1) is 16.3. The van der Waals surface area contributed by atoms with Crippen LogP contribution in [0.2, 0.25) is 0 Å². The number of hydrogen-bond donors (Lipinski definition) is 3. The van der Waals surface area contributed by atoms with Crippen LogP contribution in [0.3, 0.4) is 0 Å². The Morgan fingerprint density at radius 3 is 2.29 bits per heavy atom. The van der Waals surface area contributed by atoms with Crippen LogP contribution in [0.4, 0.5) is 4.39 Å². The molecule has 0 aliphatic rings. The summed E-state index contributed by atoms with van der Waals surface area (Å²) in [6.45, 7) is 3.60. The van der Waals surface area contributed by atoms with Gasteiger partial charge < -0.3 is 15.3 Å². The first-order valence-corrected chi connectivity index (χ1v) is 11.3. The van der Waals surface area contributed by atoms with E-state index in [2.05, 4.69) is 13.8 Å². The average molecular weight is 464 g/mol. The second-order valence-electron chi connectivity index (χ2n) is 8.62. The molecule has 6 heteroatoms. The van der Waals surface area contributed by atoms with Crippen molar-refractivity contribution in [2.45, 2.75) is 51.5 Å². The molecule has 178 valence electrons. The first kappa shape index (κ1) is 25.3. The predicted molar refractivity (Wildman–Crippen MR) is 132 cm³/mol. The molecule has 0 amide bonds. The number of halogens is 1. The third-order valence-electron chi connectivity index (χ3n) is 5.57. The largest absolute Gasteiger partial charge is 0.481 e. The molecular formula is C28H30FNO4. The molecule has 34 heavy (non-hydrogen) atoms. The Kier molecular flexibility index (Phi) is 8.68. The van der Waals surface area contributed by atoms with E-state index in [-0.39, 0.29) is 12.3 Å². The van der Waals surface area contributed by atoms with Crippen LogP contribution in [0.25, 0.3) is 28.6 Å². The van der Waals surface area contributed by atoms with Gasteiger partial charge in [0.15, 0.2) is 0 Å². The van der Waals surface area contributed by atoms with Crippen LogP contribution in [0.1, 0.15) is 49.3 Å². The molecule has 5 nitrogen and oxygen atoms in total. The molecule has 1 heterocycles. The van der Waals surface area contributed by atoms with E-state index in [9.17, 15) is 19.4 Å². The summed E-state index contributed by atoms with van der Waals surface area (Å²) in [5, 5.41) is 29.1. The smallest absolute Gasteiger partial charge is 0.305 e. The summed E-state index contributed by atoms with van der Waals surface area (Å²) in [7, 11) is 0. The van der Waals surface area contributed by atoms with Gasteiger partial charge in [-0.15, -0.1) is 0 Å². The Morgan fingerprint density at radius 1 is 1.03 bits per heavy atom. The number of pyridine rings is 1. The number of aromatic nitrogens is 1. The fourth-order valence-corrected chi connectivity index (χ4v) is 3.81. The van der Waals surface area contributed by atoms with Gasteiger partial charge in [-0.3, -0.25) is 4.79 Å². The van der Waals surface area contributed by atoms with Crippen molar-refractivity contribution < 1.29 is 24.5 Å². The number of aliphatic carboxylic acids is 1. The lowest BCUT2D eigenvalue weighted by molar-refractivity contribution is -0.139. The van der Waals surface area contributed by atoms with Gasteiger partial charge in [0.05, 0.1) is 30.0 Å².